The van der Waals surface area contributed by atoms with E-state index in [1.165, 1.54) is 82.4 Å². The van der Waals surface area contributed by atoms with Gasteiger partial charge in [0.25, 0.3) is 0 Å². The van der Waals surface area contributed by atoms with Gasteiger partial charge in [0.05, 0.1) is 12.1 Å². The van der Waals surface area contributed by atoms with Gasteiger partial charge < -0.3 is 18.6 Å². The summed E-state index contributed by atoms with van der Waals surface area (Å²) in [5, 5.41) is 2.35. The van der Waals surface area contributed by atoms with E-state index in [-0.39, 0.29) is 34.0 Å². The minimum atomic E-state index is -0.382. The molecule has 6 nitrogen and oxygen atoms in total. The van der Waals surface area contributed by atoms with Gasteiger partial charge in [0.15, 0.2) is 0 Å². The first-order valence-corrected chi connectivity index (χ1v) is 21.5. The van der Waals surface area contributed by atoms with Crippen molar-refractivity contribution in [3.63, 3.8) is 0 Å². The molecule has 3 aliphatic heterocycles. The smallest absolute Gasteiger partial charge is 0.226 e. The van der Waals surface area contributed by atoms with Crippen molar-refractivity contribution in [3.8, 4) is 0 Å². The number of para-hydroxylation sites is 2. The van der Waals surface area contributed by atoms with Crippen LogP contribution < -0.4 is 9.80 Å². The second kappa shape index (κ2) is 10.9. The molecule has 7 aliphatic rings. The van der Waals surface area contributed by atoms with Gasteiger partial charge in [-0.3, -0.25) is 0 Å². The Morgan fingerprint density at radius 1 is 0.679 bits per heavy atom. The minimum absolute atomic E-state index is 0.129. The van der Waals surface area contributed by atoms with Crippen LogP contribution >= 0.6 is 0 Å². The molecule has 0 amide bonds. The average molecular weight is 743 g/mol. The summed E-state index contributed by atoms with van der Waals surface area (Å²) in [7, 11) is 0. The Hall–Kier alpha value is -4.58. The van der Waals surface area contributed by atoms with Crippen molar-refractivity contribution in [1.82, 2.24) is 9.97 Å². The number of hydrogen-bond acceptors (Lipinski definition) is 6. The molecule has 0 radical (unpaired) electrons. The fraction of sp³-hybridized carbons (Fsp3) is 0.480. The molecule has 4 aromatic heterocycles. The number of aromatic nitrogens is 2. The van der Waals surface area contributed by atoms with Crippen LogP contribution in [0.4, 0.5) is 11.4 Å². The Labute approximate surface area is 330 Å². The highest BCUT2D eigenvalue weighted by molar-refractivity contribution is 5.86. The van der Waals surface area contributed by atoms with Crippen LogP contribution in [-0.4, -0.2) is 9.97 Å². The van der Waals surface area contributed by atoms with Crippen LogP contribution in [0.25, 0.3) is 22.2 Å². The van der Waals surface area contributed by atoms with E-state index >= 15 is 0 Å². The van der Waals surface area contributed by atoms with Crippen LogP contribution in [0.15, 0.2) is 88.0 Å². The molecule has 7 heterocycles. The van der Waals surface area contributed by atoms with Gasteiger partial charge in [-0.05, 0) is 143 Å². The number of furan rings is 2. The number of pyridine rings is 2. The molecule has 13 rings (SSSR count). The zero-order chi connectivity index (χ0) is 38.1. The van der Waals surface area contributed by atoms with Crippen molar-refractivity contribution in [2.75, 3.05) is 9.80 Å². The van der Waals surface area contributed by atoms with E-state index in [1.54, 1.807) is 0 Å². The maximum absolute atomic E-state index is 7.04. The van der Waals surface area contributed by atoms with E-state index in [0.717, 1.165) is 47.3 Å². The maximum Gasteiger partial charge on any atom is 0.226 e. The standard InChI is InChI=1S/C50H54N4O2/c1-28-13-10-17-38-42(28)54-30(3)40-36-15-11-21-51-45(36)55-43(40)49(54,7)47(4,5)48(38,6)20-19-33-14-8-9-18-39(33)53-29(2)41-37-16-12-22-52-46(37)56-44(41)50(53)34-24-31-23-32(26-34)27-35(50)25-31/h8-18,21-22,29-32,34-35H,19-20,23-27H2,1-7H3/t29-,30-,31?,32?,34?,35?,48?,49?,50?/m0/s1. The lowest BCUT2D eigenvalue weighted by Gasteiger charge is -2.63. The Morgan fingerprint density at radius 2 is 1.29 bits per heavy atom. The molecule has 0 N–H and O–H groups in total. The van der Waals surface area contributed by atoms with Crippen LogP contribution in [0.3, 0.4) is 0 Å². The molecule has 2 unspecified atom stereocenters. The van der Waals surface area contributed by atoms with Crippen molar-refractivity contribution in [3.05, 3.63) is 118 Å². The first kappa shape index (κ1) is 33.5. The zero-order valence-electron chi connectivity index (χ0n) is 34.0. The fourth-order valence-electron chi connectivity index (χ4n) is 14.7. The van der Waals surface area contributed by atoms with Gasteiger partial charge in [-0.1, -0.05) is 57.2 Å². The summed E-state index contributed by atoms with van der Waals surface area (Å²) < 4.78 is 13.9. The van der Waals surface area contributed by atoms with Gasteiger partial charge in [0.1, 0.15) is 22.6 Å². The maximum atomic E-state index is 7.04. The molecule has 4 atom stereocenters. The highest BCUT2D eigenvalue weighted by Gasteiger charge is 2.69. The summed E-state index contributed by atoms with van der Waals surface area (Å²) in [4.78, 5) is 15.1. The van der Waals surface area contributed by atoms with Crippen molar-refractivity contribution >= 4 is 33.6 Å². The number of anilines is 2. The molecule has 4 bridgehead atoms. The molecular weight excluding hydrogens is 689 g/mol. The van der Waals surface area contributed by atoms with Gasteiger partial charge in [0, 0.05) is 56.5 Å². The van der Waals surface area contributed by atoms with E-state index in [9.17, 15) is 0 Å². The first-order chi connectivity index (χ1) is 27.0. The molecule has 286 valence electrons. The quantitative estimate of drug-likeness (QED) is 0.179. The third-order valence-corrected chi connectivity index (χ3v) is 17.5. The lowest BCUT2D eigenvalue weighted by Crippen LogP contribution is -2.63. The van der Waals surface area contributed by atoms with Crippen molar-refractivity contribution in [2.24, 2.45) is 29.1 Å². The number of hydrogen-bond donors (Lipinski definition) is 0. The Balaban J connectivity index is 0.999. The van der Waals surface area contributed by atoms with Gasteiger partial charge in [-0.2, -0.15) is 0 Å². The van der Waals surface area contributed by atoms with Gasteiger partial charge in [-0.15, -0.1) is 0 Å². The normalized spacial score (nSPS) is 34.4. The number of rotatable bonds is 4. The lowest BCUT2D eigenvalue weighted by molar-refractivity contribution is -0.0680. The topological polar surface area (TPSA) is 58.5 Å². The fourth-order valence-corrected chi connectivity index (χ4v) is 14.7. The van der Waals surface area contributed by atoms with Crippen molar-refractivity contribution in [2.45, 2.75) is 122 Å². The van der Waals surface area contributed by atoms with Gasteiger partial charge in [-0.25, -0.2) is 9.97 Å². The predicted octanol–water partition coefficient (Wildman–Crippen LogP) is 12.2. The zero-order valence-corrected chi connectivity index (χ0v) is 34.0. The average Bonchev–Trinajstić information content (AvgIpc) is 3.89. The molecule has 4 saturated carbocycles. The van der Waals surface area contributed by atoms with E-state index in [1.807, 2.05) is 12.4 Å². The highest BCUT2D eigenvalue weighted by atomic mass is 16.4. The van der Waals surface area contributed by atoms with Gasteiger partial charge >= 0.3 is 0 Å². The number of benzene rings is 2. The summed E-state index contributed by atoms with van der Waals surface area (Å²) in [5.41, 5.74) is 10.4. The van der Waals surface area contributed by atoms with E-state index in [4.69, 9.17) is 18.8 Å². The summed E-state index contributed by atoms with van der Waals surface area (Å²) in [6.07, 6.45) is 12.4. The molecule has 56 heavy (non-hydrogen) atoms. The molecule has 2 aromatic carbocycles. The summed E-state index contributed by atoms with van der Waals surface area (Å²) >= 11 is 0. The molecule has 1 spiro atoms. The number of aryl methyl sites for hydroxylation is 2. The molecular formula is C50H54N4O2. The third-order valence-electron chi connectivity index (χ3n) is 17.5. The Bertz CT molecular complexity index is 2590. The van der Waals surface area contributed by atoms with Crippen LogP contribution in [0, 0.1) is 36.0 Å². The van der Waals surface area contributed by atoms with Crippen molar-refractivity contribution < 1.29 is 8.83 Å². The van der Waals surface area contributed by atoms with Gasteiger partial charge in [0.2, 0.25) is 11.4 Å². The largest absolute Gasteiger partial charge is 0.440 e. The summed E-state index contributed by atoms with van der Waals surface area (Å²) in [6, 6.07) is 25.5. The van der Waals surface area contributed by atoms with Crippen LogP contribution in [0.2, 0.25) is 0 Å². The molecule has 4 fully saturated rings. The van der Waals surface area contributed by atoms with Crippen LogP contribution in [-0.2, 0) is 22.9 Å². The molecule has 0 saturated heterocycles. The molecule has 6 heteroatoms. The Morgan fingerprint density at radius 3 is 1.96 bits per heavy atom. The minimum Gasteiger partial charge on any atom is -0.440 e. The number of nitrogens with zero attached hydrogens (tertiary/aromatic N) is 4. The van der Waals surface area contributed by atoms with Crippen LogP contribution in [0.1, 0.15) is 131 Å². The van der Waals surface area contributed by atoms with E-state index in [2.05, 4.69) is 125 Å². The predicted molar refractivity (Wildman–Crippen MR) is 223 cm³/mol. The SMILES string of the molecule is Cc1cccc2c1N1[C@@H](C)c3c(oc4ncccc34)C1(C)C(C)(C)C2(C)CCc1ccccc1N1[C@@H](C)c2c(oc3ncccc23)C12C1CC3CC(C1)CC2C3. The summed E-state index contributed by atoms with van der Waals surface area (Å²) in [6.45, 7) is 17.2. The number of fused-ring (bicyclic) bond motifs is 10. The second-order valence-electron chi connectivity index (χ2n) is 19.8. The molecule has 4 aliphatic carbocycles. The summed E-state index contributed by atoms with van der Waals surface area (Å²) in [5.74, 6) is 5.26. The third kappa shape index (κ3) is 3.72. The van der Waals surface area contributed by atoms with Crippen LogP contribution in [0.5, 0.6) is 0 Å². The molecule has 6 aromatic rings. The highest BCUT2D eigenvalue weighted by Crippen LogP contribution is 2.72. The second-order valence-corrected chi connectivity index (χ2v) is 19.8. The first-order valence-electron chi connectivity index (χ1n) is 21.5. The lowest BCUT2D eigenvalue weighted by atomic mass is 9.48. The monoisotopic (exact) mass is 742 g/mol. The Kier molecular flexibility index (Phi) is 6.51. The van der Waals surface area contributed by atoms with Crippen molar-refractivity contribution in [1.29, 1.82) is 0 Å². The van der Waals surface area contributed by atoms with E-state index in [0.29, 0.717) is 11.8 Å². The van der Waals surface area contributed by atoms with E-state index < -0.39 is 0 Å².